The predicted octanol–water partition coefficient (Wildman–Crippen LogP) is 4.28. The van der Waals surface area contributed by atoms with Gasteiger partial charge in [0.15, 0.2) is 0 Å². The Hall–Kier alpha value is -2.88. The number of nitrogens with one attached hydrogen (secondary N) is 1. The van der Waals surface area contributed by atoms with Crippen molar-refractivity contribution in [2.24, 2.45) is 0 Å². The van der Waals surface area contributed by atoms with Crippen LogP contribution in [0, 0.1) is 0 Å². The Balaban J connectivity index is 1.99. The molecule has 0 fully saturated rings. The first-order chi connectivity index (χ1) is 11.3. The van der Waals surface area contributed by atoms with E-state index in [1.165, 1.54) is 11.6 Å². The van der Waals surface area contributed by atoms with Gasteiger partial charge in [0.05, 0.1) is 11.0 Å². The minimum Gasteiger partial charge on any atom is -0.507 e. The maximum atomic E-state index is 12.1. The molecule has 4 nitrogen and oxygen atoms in total. The standard InChI is InChI=1S/C20H20N2O2/c1-20(2,3)14-10-8-13(9-11-14)18(23)12-17-19(24)22-16-7-5-4-6-15(16)21-17/h4-12,23H,1-3H3,(H,22,24)/b18-12-. The molecule has 3 rings (SSSR count). The summed E-state index contributed by atoms with van der Waals surface area (Å²) in [5, 5.41) is 10.3. The molecule has 2 N–H and O–H groups in total. The normalized spacial score (nSPS) is 12.5. The molecule has 0 aliphatic heterocycles. The van der Waals surface area contributed by atoms with Crippen molar-refractivity contribution in [1.82, 2.24) is 9.97 Å². The molecule has 0 radical (unpaired) electrons. The van der Waals surface area contributed by atoms with Gasteiger partial charge in [-0.3, -0.25) is 4.79 Å². The van der Waals surface area contributed by atoms with Crippen LogP contribution in [0.1, 0.15) is 37.6 Å². The van der Waals surface area contributed by atoms with Crippen LogP contribution in [0.3, 0.4) is 0 Å². The highest BCUT2D eigenvalue weighted by atomic mass is 16.3. The van der Waals surface area contributed by atoms with Gasteiger partial charge in [-0.05, 0) is 23.1 Å². The fourth-order valence-corrected chi connectivity index (χ4v) is 2.50. The first-order valence-corrected chi connectivity index (χ1v) is 7.85. The van der Waals surface area contributed by atoms with E-state index in [4.69, 9.17) is 0 Å². The maximum absolute atomic E-state index is 12.1. The third-order valence-electron chi connectivity index (χ3n) is 3.95. The second-order valence-corrected chi connectivity index (χ2v) is 6.83. The summed E-state index contributed by atoms with van der Waals surface area (Å²) in [7, 11) is 0. The average molecular weight is 320 g/mol. The molecule has 122 valence electrons. The highest BCUT2D eigenvalue weighted by Gasteiger charge is 2.13. The highest BCUT2D eigenvalue weighted by Crippen LogP contribution is 2.24. The number of hydrogen-bond acceptors (Lipinski definition) is 3. The van der Waals surface area contributed by atoms with Crippen LogP contribution in [0.15, 0.2) is 53.3 Å². The monoisotopic (exact) mass is 320 g/mol. The summed E-state index contributed by atoms with van der Waals surface area (Å²) in [5.74, 6) is 0.0174. The molecule has 1 aromatic heterocycles. The molecule has 0 bridgehead atoms. The summed E-state index contributed by atoms with van der Waals surface area (Å²) in [6.07, 6.45) is 1.40. The van der Waals surface area contributed by atoms with Crippen molar-refractivity contribution in [3.8, 4) is 0 Å². The molecule has 1 heterocycles. The molecule has 0 amide bonds. The number of aliphatic hydroxyl groups is 1. The lowest BCUT2D eigenvalue weighted by molar-refractivity contribution is 0.515. The number of aliphatic hydroxyl groups excluding tert-OH is 1. The number of nitrogens with zero attached hydrogens (tertiary/aromatic N) is 1. The van der Waals surface area contributed by atoms with Gasteiger partial charge in [0.1, 0.15) is 11.5 Å². The van der Waals surface area contributed by atoms with Crippen LogP contribution in [-0.4, -0.2) is 15.1 Å². The van der Waals surface area contributed by atoms with E-state index in [-0.39, 0.29) is 22.4 Å². The summed E-state index contributed by atoms with van der Waals surface area (Å²) >= 11 is 0. The third-order valence-corrected chi connectivity index (χ3v) is 3.95. The molecule has 2 aromatic carbocycles. The molecular formula is C20H20N2O2. The lowest BCUT2D eigenvalue weighted by Crippen LogP contribution is -2.12. The fourth-order valence-electron chi connectivity index (χ4n) is 2.50. The lowest BCUT2D eigenvalue weighted by atomic mass is 9.86. The molecule has 0 saturated heterocycles. The Bertz CT molecular complexity index is 961. The summed E-state index contributed by atoms with van der Waals surface area (Å²) in [4.78, 5) is 19.2. The number of para-hydroxylation sites is 2. The Morgan fingerprint density at radius 2 is 1.75 bits per heavy atom. The number of rotatable bonds is 2. The Labute approximate surface area is 140 Å². The zero-order chi connectivity index (χ0) is 17.3. The summed E-state index contributed by atoms with van der Waals surface area (Å²) in [6.45, 7) is 6.41. The van der Waals surface area contributed by atoms with Crippen molar-refractivity contribution >= 4 is 22.9 Å². The number of aromatic amines is 1. The third kappa shape index (κ3) is 3.23. The Morgan fingerprint density at radius 3 is 2.42 bits per heavy atom. The molecular weight excluding hydrogens is 300 g/mol. The van der Waals surface area contributed by atoms with Gasteiger partial charge in [-0.1, -0.05) is 57.2 Å². The van der Waals surface area contributed by atoms with Gasteiger partial charge < -0.3 is 10.1 Å². The first-order valence-electron chi connectivity index (χ1n) is 7.85. The van der Waals surface area contributed by atoms with Crippen LogP contribution >= 0.6 is 0 Å². The van der Waals surface area contributed by atoms with Crippen molar-refractivity contribution in [2.75, 3.05) is 0 Å². The SMILES string of the molecule is CC(C)(C)c1ccc(/C(O)=C/c2nc3ccccc3[nH]c2=O)cc1. The van der Waals surface area contributed by atoms with Crippen molar-refractivity contribution in [2.45, 2.75) is 26.2 Å². The number of aromatic nitrogens is 2. The van der Waals surface area contributed by atoms with Gasteiger partial charge in [0.25, 0.3) is 5.56 Å². The highest BCUT2D eigenvalue weighted by molar-refractivity contribution is 5.79. The summed E-state index contributed by atoms with van der Waals surface area (Å²) in [6, 6.07) is 15.0. The van der Waals surface area contributed by atoms with E-state index >= 15 is 0 Å². The second kappa shape index (κ2) is 5.96. The molecule has 0 unspecified atom stereocenters. The van der Waals surface area contributed by atoms with Crippen LogP contribution in [0.5, 0.6) is 0 Å². The van der Waals surface area contributed by atoms with E-state index in [0.717, 1.165) is 0 Å². The minimum absolute atomic E-state index is 0.0174. The van der Waals surface area contributed by atoms with E-state index in [1.807, 2.05) is 42.5 Å². The maximum Gasteiger partial charge on any atom is 0.274 e. The van der Waals surface area contributed by atoms with Gasteiger partial charge >= 0.3 is 0 Å². The zero-order valence-corrected chi connectivity index (χ0v) is 14.0. The smallest absolute Gasteiger partial charge is 0.274 e. The molecule has 0 aliphatic rings. The van der Waals surface area contributed by atoms with E-state index < -0.39 is 0 Å². The number of fused-ring (bicyclic) bond motifs is 1. The first kappa shape index (κ1) is 16.0. The topological polar surface area (TPSA) is 66.0 Å². The van der Waals surface area contributed by atoms with Gasteiger partial charge in [0, 0.05) is 11.6 Å². The molecule has 24 heavy (non-hydrogen) atoms. The molecule has 0 aliphatic carbocycles. The molecule has 4 heteroatoms. The molecule has 0 saturated carbocycles. The summed E-state index contributed by atoms with van der Waals surface area (Å²) < 4.78 is 0. The number of benzene rings is 2. The van der Waals surface area contributed by atoms with E-state index in [0.29, 0.717) is 16.6 Å². The van der Waals surface area contributed by atoms with Crippen LogP contribution in [0.2, 0.25) is 0 Å². The van der Waals surface area contributed by atoms with Crippen LogP contribution < -0.4 is 5.56 Å². The Kier molecular flexibility index (Phi) is 3.97. The molecule has 0 atom stereocenters. The van der Waals surface area contributed by atoms with Crippen molar-refractivity contribution in [3.63, 3.8) is 0 Å². The Morgan fingerprint density at radius 1 is 1.08 bits per heavy atom. The van der Waals surface area contributed by atoms with Crippen molar-refractivity contribution < 1.29 is 5.11 Å². The average Bonchev–Trinajstić information content (AvgIpc) is 2.55. The van der Waals surface area contributed by atoms with Crippen molar-refractivity contribution in [1.29, 1.82) is 0 Å². The quantitative estimate of drug-likeness (QED) is 0.693. The van der Waals surface area contributed by atoms with Gasteiger partial charge in [-0.2, -0.15) is 0 Å². The van der Waals surface area contributed by atoms with Crippen LogP contribution in [-0.2, 0) is 5.41 Å². The fraction of sp³-hybridized carbons (Fsp3) is 0.200. The van der Waals surface area contributed by atoms with Gasteiger partial charge in [-0.25, -0.2) is 4.98 Å². The van der Waals surface area contributed by atoms with Gasteiger partial charge in [0.2, 0.25) is 0 Å². The predicted molar refractivity (Wildman–Crippen MR) is 98.0 cm³/mol. The summed E-state index contributed by atoms with van der Waals surface area (Å²) in [5.41, 5.74) is 3.10. The zero-order valence-electron chi connectivity index (χ0n) is 14.0. The second-order valence-electron chi connectivity index (χ2n) is 6.83. The largest absolute Gasteiger partial charge is 0.507 e. The van der Waals surface area contributed by atoms with Crippen molar-refractivity contribution in [3.05, 3.63) is 75.7 Å². The van der Waals surface area contributed by atoms with Gasteiger partial charge in [-0.15, -0.1) is 0 Å². The molecule has 0 spiro atoms. The van der Waals surface area contributed by atoms with Crippen LogP contribution in [0.25, 0.3) is 22.9 Å². The van der Waals surface area contributed by atoms with Crippen LogP contribution in [0.4, 0.5) is 0 Å². The molecule has 3 aromatic rings. The lowest BCUT2D eigenvalue weighted by Gasteiger charge is -2.19. The number of H-pyrrole nitrogens is 1. The van der Waals surface area contributed by atoms with E-state index in [2.05, 4.69) is 30.7 Å². The van der Waals surface area contributed by atoms with E-state index in [9.17, 15) is 9.90 Å². The minimum atomic E-state index is -0.327. The number of hydrogen-bond donors (Lipinski definition) is 2. The van der Waals surface area contributed by atoms with E-state index in [1.54, 1.807) is 6.07 Å².